The van der Waals surface area contributed by atoms with Gasteiger partial charge in [0.15, 0.2) is 0 Å². The van der Waals surface area contributed by atoms with E-state index in [0.29, 0.717) is 17.2 Å². The molecule has 64 valence electrons. The van der Waals surface area contributed by atoms with Gasteiger partial charge in [0.05, 0.1) is 12.5 Å². The lowest BCUT2D eigenvalue weighted by atomic mass is 10.2. The van der Waals surface area contributed by atoms with E-state index in [1.54, 1.807) is 12.1 Å². The Labute approximate surface area is 80.3 Å². The van der Waals surface area contributed by atoms with E-state index in [-0.39, 0.29) is 0 Å². The highest BCUT2D eigenvalue weighted by molar-refractivity contribution is 6.31. The molecule has 1 aromatic carbocycles. The summed E-state index contributed by atoms with van der Waals surface area (Å²) in [5.41, 5.74) is 0.773. The van der Waals surface area contributed by atoms with Crippen LogP contribution in [0.2, 0.25) is 5.02 Å². The van der Waals surface area contributed by atoms with Crippen LogP contribution in [0.4, 0.5) is 0 Å². The van der Waals surface area contributed by atoms with Crippen LogP contribution in [0.15, 0.2) is 28.7 Å². The third kappa shape index (κ3) is 1.51. The summed E-state index contributed by atoms with van der Waals surface area (Å²) in [4.78, 5) is 0. The fourth-order valence-corrected chi connectivity index (χ4v) is 1.41. The highest BCUT2D eigenvalue weighted by Gasteiger charge is 2.02. The normalized spacial score (nSPS) is 10.2. The molecule has 0 fully saturated rings. The fourth-order valence-electron chi connectivity index (χ4n) is 1.23. The quantitative estimate of drug-likeness (QED) is 0.694. The molecule has 0 radical (unpaired) electrons. The monoisotopic (exact) mass is 191 g/mol. The van der Waals surface area contributed by atoms with Crippen LogP contribution < -0.4 is 0 Å². The Morgan fingerprint density at radius 1 is 1.38 bits per heavy atom. The van der Waals surface area contributed by atoms with Gasteiger partial charge in [0.25, 0.3) is 0 Å². The molecule has 0 N–H and O–H groups in total. The Morgan fingerprint density at radius 2 is 2.23 bits per heavy atom. The third-order valence-corrected chi connectivity index (χ3v) is 2.02. The number of hydrogen-bond acceptors (Lipinski definition) is 2. The largest absolute Gasteiger partial charge is 0.460 e. The van der Waals surface area contributed by atoms with Crippen molar-refractivity contribution >= 4 is 22.6 Å². The summed E-state index contributed by atoms with van der Waals surface area (Å²) >= 11 is 5.80. The van der Waals surface area contributed by atoms with Crippen LogP contribution in [0.5, 0.6) is 0 Å². The van der Waals surface area contributed by atoms with E-state index in [2.05, 4.69) is 0 Å². The summed E-state index contributed by atoms with van der Waals surface area (Å²) in [6.45, 7) is 0. The van der Waals surface area contributed by atoms with Crippen molar-refractivity contribution in [1.29, 1.82) is 5.26 Å². The van der Waals surface area contributed by atoms with Gasteiger partial charge in [-0.05, 0) is 24.3 Å². The molecule has 2 nitrogen and oxygen atoms in total. The first-order valence-electron chi connectivity index (χ1n) is 3.84. The topological polar surface area (TPSA) is 36.9 Å². The van der Waals surface area contributed by atoms with Crippen LogP contribution in [-0.4, -0.2) is 0 Å². The number of furan rings is 1. The molecule has 0 saturated heterocycles. The number of fused-ring (bicyclic) bond motifs is 1. The first kappa shape index (κ1) is 8.15. The number of nitriles is 1. The van der Waals surface area contributed by atoms with Gasteiger partial charge in [-0.1, -0.05) is 11.6 Å². The fraction of sp³-hybridized carbons (Fsp3) is 0.100. The Balaban J connectivity index is 2.57. The second-order valence-corrected chi connectivity index (χ2v) is 3.17. The van der Waals surface area contributed by atoms with Crippen LogP contribution in [-0.2, 0) is 6.42 Å². The molecule has 2 rings (SSSR count). The molecule has 0 amide bonds. The van der Waals surface area contributed by atoms with Crippen LogP contribution >= 0.6 is 11.6 Å². The molecular weight excluding hydrogens is 186 g/mol. The summed E-state index contributed by atoms with van der Waals surface area (Å²) in [5.74, 6) is 0.680. The minimum absolute atomic E-state index is 0.298. The van der Waals surface area contributed by atoms with E-state index in [0.717, 1.165) is 11.0 Å². The summed E-state index contributed by atoms with van der Waals surface area (Å²) in [6, 6.07) is 9.26. The van der Waals surface area contributed by atoms with Crippen LogP contribution in [0.1, 0.15) is 5.76 Å². The Morgan fingerprint density at radius 3 is 3.00 bits per heavy atom. The lowest BCUT2D eigenvalue weighted by Crippen LogP contribution is -1.71. The van der Waals surface area contributed by atoms with Gasteiger partial charge in [0, 0.05) is 10.4 Å². The number of benzene rings is 1. The SMILES string of the molecule is N#CCc1cc2cc(Cl)ccc2o1. The van der Waals surface area contributed by atoms with Crippen LogP contribution in [0.3, 0.4) is 0 Å². The van der Waals surface area contributed by atoms with E-state index >= 15 is 0 Å². The zero-order chi connectivity index (χ0) is 9.26. The zero-order valence-electron chi connectivity index (χ0n) is 6.75. The van der Waals surface area contributed by atoms with E-state index in [1.165, 1.54) is 0 Å². The molecule has 0 aliphatic carbocycles. The lowest BCUT2D eigenvalue weighted by molar-refractivity contribution is 0.567. The molecule has 3 heteroatoms. The highest BCUT2D eigenvalue weighted by Crippen LogP contribution is 2.22. The zero-order valence-corrected chi connectivity index (χ0v) is 7.51. The maximum atomic E-state index is 8.46. The van der Waals surface area contributed by atoms with Gasteiger partial charge in [0.1, 0.15) is 11.3 Å². The van der Waals surface area contributed by atoms with Crippen molar-refractivity contribution in [2.45, 2.75) is 6.42 Å². The number of halogens is 1. The molecule has 0 aliphatic rings. The number of nitrogens with zero attached hydrogens (tertiary/aromatic N) is 1. The average molecular weight is 192 g/mol. The standard InChI is InChI=1S/C10H6ClNO/c11-8-1-2-10-7(5-8)6-9(13-10)3-4-12/h1-2,5-6H,3H2. The summed E-state index contributed by atoms with van der Waals surface area (Å²) < 4.78 is 5.38. The van der Waals surface area contributed by atoms with Gasteiger partial charge in [-0.15, -0.1) is 0 Å². The van der Waals surface area contributed by atoms with Crippen molar-refractivity contribution in [2.75, 3.05) is 0 Å². The van der Waals surface area contributed by atoms with Crippen molar-refractivity contribution in [3.05, 3.63) is 35.0 Å². The first-order valence-corrected chi connectivity index (χ1v) is 4.22. The smallest absolute Gasteiger partial charge is 0.134 e. The average Bonchev–Trinajstić information content (AvgIpc) is 2.46. The van der Waals surface area contributed by atoms with Crippen LogP contribution in [0, 0.1) is 11.3 Å². The third-order valence-electron chi connectivity index (χ3n) is 1.78. The molecule has 2 aromatic rings. The van der Waals surface area contributed by atoms with Crippen molar-refractivity contribution < 1.29 is 4.42 Å². The predicted octanol–water partition coefficient (Wildman–Crippen LogP) is 3.15. The Kier molecular flexibility index (Phi) is 1.96. The molecule has 1 heterocycles. The Bertz CT molecular complexity index is 481. The summed E-state index contributed by atoms with van der Waals surface area (Å²) in [6.07, 6.45) is 0.298. The predicted molar refractivity (Wildman–Crippen MR) is 50.5 cm³/mol. The minimum atomic E-state index is 0.298. The number of hydrogen-bond donors (Lipinski definition) is 0. The molecule has 0 aliphatic heterocycles. The summed E-state index contributed by atoms with van der Waals surface area (Å²) in [7, 11) is 0. The molecule has 13 heavy (non-hydrogen) atoms. The van der Waals surface area contributed by atoms with Crippen molar-refractivity contribution in [1.82, 2.24) is 0 Å². The second kappa shape index (κ2) is 3.12. The molecule has 0 unspecified atom stereocenters. The van der Waals surface area contributed by atoms with Gasteiger partial charge >= 0.3 is 0 Å². The summed E-state index contributed by atoms with van der Waals surface area (Å²) in [5, 5.41) is 10.1. The molecule has 0 saturated carbocycles. The van der Waals surface area contributed by atoms with Gasteiger partial charge in [-0.3, -0.25) is 0 Å². The molecular formula is C10H6ClNO. The highest BCUT2D eigenvalue weighted by atomic mass is 35.5. The van der Waals surface area contributed by atoms with Crippen molar-refractivity contribution in [2.24, 2.45) is 0 Å². The molecule has 0 atom stereocenters. The first-order chi connectivity index (χ1) is 6.29. The minimum Gasteiger partial charge on any atom is -0.460 e. The van der Waals surface area contributed by atoms with Gasteiger partial charge in [-0.25, -0.2) is 0 Å². The van der Waals surface area contributed by atoms with Gasteiger partial charge < -0.3 is 4.42 Å². The van der Waals surface area contributed by atoms with E-state index < -0.39 is 0 Å². The second-order valence-electron chi connectivity index (χ2n) is 2.73. The molecule has 0 spiro atoms. The maximum Gasteiger partial charge on any atom is 0.134 e. The van der Waals surface area contributed by atoms with E-state index in [4.69, 9.17) is 21.3 Å². The maximum absolute atomic E-state index is 8.46. The molecule has 0 bridgehead atoms. The Hall–Kier alpha value is -1.46. The van der Waals surface area contributed by atoms with E-state index in [1.807, 2.05) is 18.2 Å². The van der Waals surface area contributed by atoms with Gasteiger partial charge in [-0.2, -0.15) is 5.26 Å². The van der Waals surface area contributed by atoms with Crippen molar-refractivity contribution in [3.63, 3.8) is 0 Å². The van der Waals surface area contributed by atoms with Crippen molar-refractivity contribution in [3.8, 4) is 6.07 Å². The van der Waals surface area contributed by atoms with Crippen LogP contribution in [0.25, 0.3) is 11.0 Å². The van der Waals surface area contributed by atoms with E-state index in [9.17, 15) is 0 Å². The number of rotatable bonds is 1. The van der Waals surface area contributed by atoms with Gasteiger partial charge in [0.2, 0.25) is 0 Å². The lowest BCUT2D eigenvalue weighted by Gasteiger charge is -1.87. The molecule has 1 aromatic heterocycles.